The molecule has 0 amide bonds. The molecular weight excluding hydrogens is 682 g/mol. The molecule has 3 heterocycles. The molecule has 2 atom stereocenters. The number of Topliss-reactive ketones (excluding diaryl/α,β-unsaturated/α-hetero) is 1. The third-order valence-electron chi connectivity index (χ3n) is 9.45. The Kier molecular flexibility index (Phi) is 8.24. The molecule has 1 N–H and O–H groups in total. The van der Waals surface area contributed by atoms with Gasteiger partial charge in [0.2, 0.25) is 5.78 Å². The van der Waals surface area contributed by atoms with E-state index in [-0.39, 0.29) is 39.9 Å². The average Bonchev–Trinajstić information content (AvgIpc) is 3.34. The maximum atomic E-state index is 14.6. The Labute approximate surface area is 274 Å². The number of halogens is 2. The zero-order valence-electron chi connectivity index (χ0n) is 25.7. The van der Waals surface area contributed by atoms with E-state index < -0.39 is 29.5 Å². The second kappa shape index (κ2) is 11.0. The van der Waals surface area contributed by atoms with Gasteiger partial charge in [-0.15, -0.1) is 12.4 Å². The predicted octanol–water partition coefficient (Wildman–Crippen LogP) is 6.04. The first-order valence-electron chi connectivity index (χ1n) is 14.5. The molecule has 0 radical (unpaired) electrons. The van der Waals surface area contributed by atoms with Crippen molar-refractivity contribution in [3.63, 3.8) is 0 Å². The maximum absolute atomic E-state index is 14.6. The van der Waals surface area contributed by atoms with Gasteiger partial charge in [-0.1, -0.05) is 50.6 Å². The van der Waals surface area contributed by atoms with Crippen LogP contribution in [0.15, 0.2) is 74.3 Å². The van der Waals surface area contributed by atoms with Crippen LogP contribution in [-0.4, -0.2) is 57.2 Å². The zero-order valence-corrected chi connectivity index (χ0v) is 29.9. The Hall–Kier alpha value is -2.57. The number of nitrogens with one attached hydrogen (secondary N) is 1. The van der Waals surface area contributed by atoms with E-state index in [1.165, 1.54) is 0 Å². The van der Waals surface area contributed by atoms with Gasteiger partial charge in [0.25, 0.3) is 10.0 Å². The van der Waals surface area contributed by atoms with Crippen LogP contribution < -0.4 is 5.32 Å². The molecule has 2 aliphatic carbocycles. The normalized spacial score (nSPS) is 23.0. The van der Waals surface area contributed by atoms with Crippen molar-refractivity contribution in [2.24, 2.45) is 10.4 Å². The number of nitrogens with zero attached hydrogens (tertiary/aromatic N) is 2. The van der Waals surface area contributed by atoms with Gasteiger partial charge in [-0.2, -0.15) is 0 Å². The van der Waals surface area contributed by atoms with Gasteiger partial charge < -0.3 is 9.74 Å². The number of allylic oxidation sites excluding steroid dienone is 6. The maximum Gasteiger partial charge on any atom is 0.268 e. The number of carbonyl (C=O) groups is 2. The van der Waals surface area contributed by atoms with Crippen LogP contribution in [0.3, 0.4) is 0 Å². The summed E-state index contributed by atoms with van der Waals surface area (Å²) in [5.74, 6) is -0.552. The molecule has 0 bridgehead atoms. The molecule has 4 aliphatic rings. The quantitative estimate of drug-likeness (QED) is 0.378. The fraction of sp³-hybridized carbons (Fsp3) is 0.406. The first-order valence-corrected chi connectivity index (χ1v) is 19.6. The van der Waals surface area contributed by atoms with Crippen molar-refractivity contribution in [1.29, 1.82) is 0 Å². The van der Waals surface area contributed by atoms with Crippen LogP contribution in [0, 0.1) is 12.3 Å². The highest BCUT2D eigenvalue weighted by atomic mass is 79.9. The first-order chi connectivity index (χ1) is 20.1. The van der Waals surface area contributed by atoms with Crippen molar-refractivity contribution in [2.75, 3.05) is 13.2 Å². The van der Waals surface area contributed by atoms with Gasteiger partial charge in [0.15, 0.2) is 14.1 Å². The highest BCUT2D eigenvalue weighted by molar-refractivity contribution is 9.12. The van der Waals surface area contributed by atoms with Gasteiger partial charge in [-0.25, -0.2) is 12.4 Å². The van der Waals surface area contributed by atoms with Crippen LogP contribution in [0.5, 0.6) is 0 Å². The first kappa shape index (κ1) is 32.8. The largest absolute Gasteiger partial charge is 0.415 e. The fourth-order valence-corrected chi connectivity index (χ4v) is 9.03. The Morgan fingerprint density at radius 1 is 1.18 bits per heavy atom. The number of carbonyl (C=O) groups excluding carboxylic acids is 2. The molecule has 2 aliphatic heterocycles. The van der Waals surface area contributed by atoms with Gasteiger partial charge in [0, 0.05) is 35.3 Å². The van der Waals surface area contributed by atoms with E-state index in [2.05, 4.69) is 55.1 Å². The van der Waals surface area contributed by atoms with Crippen LogP contribution in [0.25, 0.3) is 0 Å². The molecule has 0 fully saturated rings. The smallest absolute Gasteiger partial charge is 0.268 e. The van der Waals surface area contributed by atoms with E-state index in [4.69, 9.17) is 9.42 Å². The molecule has 234 valence electrons. The molecule has 2 aromatic rings. The van der Waals surface area contributed by atoms with Gasteiger partial charge in [0.05, 0.1) is 27.4 Å². The van der Waals surface area contributed by atoms with E-state index in [1.54, 1.807) is 36.5 Å². The van der Waals surface area contributed by atoms with Crippen LogP contribution >= 0.6 is 28.3 Å². The lowest BCUT2D eigenvalue weighted by molar-refractivity contribution is -0.110. The van der Waals surface area contributed by atoms with Gasteiger partial charge in [-0.3, -0.25) is 14.6 Å². The number of aliphatic imine (C=N–C) groups is 1. The SMILES string of the molecule is Cc1ccc(S(=O)(=O)n2cc3c4c2C(=O)C2=C(C4=NCC3)C3(C=CC(=O)C(Br)=C3)CC(CO[Si](C)(C)C(C)(C)C)N2)cc1.Cl. The van der Waals surface area contributed by atoms with Gasteiger partial charge >= 0.3 is 0 Å². The molecule has 44 heavy (non-hydrogen) atoms. The topological polar surface area (TPSA) is 107 Å². The molecule has 1 aromatic heterocycles. The number of hydrogen-bond donors (Lipinski definition) is 1. The van der Waals surface area contributed by atoms with Crippen LogP contribution in [0.4, 0.5) is 0 Å². The van der Waals surface area contributed by atoms with Gasteiger partial charge in [0.1, 0.15) is 5.69 Å². The van der Waals surface area contributed by atoms with Crippen molar-refractivity contribution in [1.82, 2.24) is 9.29 Å². The molecule has 12 heteroatoms. The summed E-state index contributed by atoms with van der Waals surface area (Å²) in [6, 6.07) is 6.36. The summed E-state index contributed by atoms with van der Waals surface area (Å²) in [7, 11) is -6.19. The van der Waals surface area contributed by atoms with E-state index in [0.29, 0.717) is 53.0 Å². The molecular formula is C32H37BrClN3O5SSi. The van der Waals surface area contributed by atoms with E-state index in [0.717, 1.165) is 15.1 Å². The lowest BCUT2D eigenvalue weighted by Gasteiger charge is -2.45. The van der Waals surface area contributed by atoms with E-state index >= 15 is 0 Å². The summed E-state index contributed by atoms with van der Waals surface area (Å²) in [6.07, 6.45) is 7.93. The van der Waals surface area contributed by atoms with Gasteiger partial charge in [-0.05, 0) is 77.6 Å². The summed E-state index contributed by atoms with van der Waals surface area (Å²) in [6.45, 7) is 13.6. The second-order valence-corrected chi connectivity index (χ2v) is 20.9. The minimum absolute atomic E-state index is 0. The lowest BCUT2D eigenvalue weighted by Crippen LogP contribution is -2.52. The number of fused-ring (bicyclic) bond motifs is 2. The number of hydrogen-bond acceptors (Lipinski definition) is 7. The Morgan fingerprint density at radius 3 is 2.50 bits per heavy atom. The molecule has 6 rings (SSSR count). The molecule has 0 saturated heterocycles. The summed E-state index contributed by atoms with van der Waals surface area (Å²) in [4.78, 5) is 32.1. The lowest BCUT2D eigenvalue weighted by atomic mass is 9.65. The number of ketones is 2. The number of rotatable bonds is 5. The summed E-state index contributed by atoms with van der Waals surface area (Å²) in [5.41, 5.74) is 3.16. The van der Waals surface area contributed by atoms with Crippen molar-refractivity contribution in [3.8, 4) is 0 Å². The second-order valence-electron chi connectivity index (χ2n) is 13.4. The summed E-state index contributed by atoms with van der Waals surface area (Å²) < 4.78 is 36.1. The molecule has 1 aromatic carbocycles. The Balaban J connectivity index is 0.00000384. The molecule has 0 saturated carbocycles. The number of aryl methyl sites for hydroxylation is 1. The van der Waals surface area contributed by atoms with Crippen molar-refractivity contribution < 1.29 is 22.4 Å². The van der Waals surface area contributed by atoms with Crippen molar-refractivity contribution in [2.45, 2.75) is 69.6 Å². The summed E-state index contributed by atoms with van der Waals surface area (Å²) >= 11 is 3.46. The minimum atomic E-state index is -4.07. The number of aromatic nitrogens is 1. The highest BCUT2D eigenvalue weighted by Gasteiger charge is 2.51. The molecule has 1 spiro atoms. The molecule has 8 nitrogen and oxygen atoms in total. The predicted molar refractivity (Wildman–Crippen MR) is 180 cm³/mol. The Bertz CT molecular complexity index is 1820. The van der Waals surface area contributed by atoms with Crippen LogP contribution in [0.2, 0.25) is 18.1 Å². The third-order valence-corrected chi connectivity index (χ3v) is 16.2. The average molecular weight is 719 g/mol. The zero-order chi connectivity index (χ0) is 31.1. The molecule has 2 unspecified atom stereocenters. The summed E-state index contributed by atoms with van der Waals surface area (Å²) in [5, 5.41) is 3.46. The third kappa shape index (κ3) is 5.14. The standard InChI is InChI=1S/C32H36BrN3O5SSi.ClH/c1-19-7-9-22(10-8-19)42(39,40)36-17-20-12-14-34-27-25(20)29(36)30(38)28-26(27)32(13-11-24(37)23(33)16-32)15-21(35-28)18-41-43(5,6)31(2,3)4;/h7-11,13,16-17,21,35H,12,14-15,18H2,1-6H3;1H. The van der Waals surface area contributed by atoms with Crippen LogP contribution in [-0.2, 0) is 25.7 Å². The minimum Gasteiger partial charge on any atom is -0.415 e. The fourth-order valence-electron chi connectivity index (χ4n) is 6.05. The monoisotopic (exact) mass is 717 g/mol. The highest BCUT2D eigenvalue weighted by Crippen LogP contribution is 2.50. The van der Waals surface area contributed by atoms with Crippen molar-refractivity contribution in [3.05, 3.63) is 86.8 Å². The Morgan fingerprint density at radius 2 is 1.86 bits per heavy atom. The van der Waals surface area contributed by atoms with E-state index in [9.17, 15) is 18.0 Å². The van der Waals surface area contributed by atoms with Crippen LogP contribution in [0.1, 0.15) is 54.4 Å². The van der Waals surface area contributed by atoms with Crippen molar-refractivity contribution >= 4 is 64.0 Å². The number of benzene rings is 1. The van der Waals surface area contributed by atoms with E-state index in [1.807, 2.05) is 19.1 Å².